The van der Waals surface area contributed by atoms with E-state index in [1.165, 1.54) is 5.57 Å². The molecule has 3 aliphatic heterocycles. The van der Waals surface area contributed by atoms with Crippen LogP contribution in [0.15, 0.2) is 67.0 Å². The van der Waals surface area contributed by atoms with Gasteiger partial charge in [-0.05, 0) is 67.6 Å². The Morgan fingerprint density at radius 3 is 2.60 bits per heavy atom. The number of benzene rings is 2. The Balaban J connectivity index is 0.961. The third-order valence-electron chi connectivity index (χ3n) is 9.81. The molecule has 2 aromatic heterocycles. The fraction of sp³-hybridized carbons (Fsp3) is 0.417. The number of anilines is 1. The molecule has 11 nitrogen and oxygen atoms in total. The molecule has 0 unspecified atom stereocenters. The number of H-pyrrole nitrogens is 1. The largest absolute Gasteiger partial charge is 0.384 e. The predicted octanol–water partition coefficient (Wildman–Crippen LogP) is 4.51. The maximum atomic E-state index is 13.8. The zero-order chi connectivity index (χ0) is 32.2. The number of aromatic nitrogens is 4. The van der Waals surface area contributed by atoms with E-state index in [1.54, 1.807) is 19.5 Å². The number of hydrogen-bond donors (Lipinski definition) is 2. The van der Waals surface area contributed by atoms with Gasteiger partial charge in [-0.25, -0.2) is 9.97 Å². The average molecular weight is 636 g/mol. The van der Waals surface area contributed by atoms with Crippen LogP contribution < -0.4 is 5.32 Å². The van der Waals surface area contributed by atoms with E-state index in [2.05, 4.69) is 48.6 Å². The lowest BCUT2D eigenvalue weighted by Crippen LogP contribution is -2.45. The summed E-state index contributed by atoms with van der Waals surface area (Å²) in [5.41, 5.74) is 5.35. The quantitative estimate of drug-likeness (QED) is 0.275. The van der Waals surface area contributed by atoms with Crippen molar-refractivity contribution in [3.8, 4) is 11.4 Å². The predicted molar refractivity (Wildman–Crippen MR) is 180 cm³/mol. The molecule has 2 saturated heterocycles. The van der Waals surface area contributed by atoms with Crippen LogP contribution in [0, 0.1) is 5.41 Å². The Morgan fingerprint density at radius 2 is 1.85 bits per heavy atom. The lowest BCUT2D eigenvalue weighted by molar-refractivity contribution is -0.133. The third-order valence-corrected chi connectivity index (χ3v) is 9.81. The minimum absolute atomic E-state index is 0.0801. The summed E-state index contributed by atoms with van der Waals surface area (Å²) in [6, 6.07) is 15.9. The molecule has 2 aromatic carbocycles. The molecule has 244 valence electrons. The molecule has 0 bridgehead atoms. The van der Waals surface area contributed by atoms with Gasteiger partial charge in [0.2, 0.25) is 11.8 Å². The van der Waals surface area contributed by atoms with Gasteiger partial charge < -0.3 is 19.7 Å². The van der Waals surface area contributed by atoms with Crippen molar-refractivity contribution in [2.45, 2.75) is 31.6 Å². The van der Waals surface area contributed by atoms with Gasteiger partial charge in [0.15, 0.2) is 5.82 Å². The summed E-state index contributed by atoms with van der Waals surface area (Å²) in [7, 11) is 1.63. The van der Waals surface area contributed by atoms with Crippen LogP contribution in [0.25, 0.3) is 27.9 Å². The summed E-state index contributed by atoms with van der Waals surface area (Å²) >= 11 is 0. The molecule has 3 aliphatic rings. The molecule has 2 fully saturated rings. The number of methoxy groups -OCH3 is 1. The number of likely N-dealkylation sites (tertiary alicyclic amines) is 1. The van der Waals surface area contributed by atoms with E-state index in [-0.39, 0.29) is 25.0 Å². The van der Waals surface area contributed by atoms with Gasteiger partial charge in [-0.3, -0.25) is 19.6 Å². The molecule has 47 heavy (non-hydrogen) atoms. The number of fused-ring (bicyclic) bond motifs is 1. The van der Waals surface area contributed by atoms with Gasteiger partial charge in [-0.1, -0.05) is 30.3 Å². The maximum Gasteiger partial charge on any atom is 0.237 e. The van der Waals surface area contributed by atoms with Gasteiger partial charge in [0.05, 0.1) is 24.1 Å². The lowest BCUT2D eigenvalue weighted by atomic mass is 9.86. The second-order valence-electron chi connectivity index (χ2n) is 12.9. The Hall–Kier alpha value is -4.45. The molecule has 0 saturated carbocycles. The summed E-state index contributed by atoms with van der Waals surface area (Å²) < 4.78 is 11.1. The summed E-state index contributed by atoms with van der Waals surface area (Å²) in [5, 5.41) is 11.9. The Kier molecular flexibility index (Phi) is 9.10. The highest BCUT2D eigenvalue weighted by Crippen LogP contribution is 2.35. The monoisotopic (exact) mass is 635 g/mol. The van der Waals surface area contributed by atoms with Crippen LogP contribution in [0.5, 0.6) is 0 Å². The van der Waals surface area contributed by atoms with Gasteiger partial charge in [-0.15, -0.1) is 0 Å². The molecule has 2 amide bonds. The first kappa shape index (κ1) is 31.2. The van der Waals surface area contributed by atoms with Crippen molar-refractivity contribution in [3.63, 3.8) is 0 Å². The first-order valence-corrected chi connectivity index (χ1v) is 16.4. The SMILES string of the molecule is COC[C@@]1(C(=O)Nc2ccc3n[nH]c(C4CCOCC4)c3c2)CCN(CC(=O)N2CC=C(c3ccc(-c4ncccn4)cc3)CC2)C1. The highest BCUT2D eigenvalue weighted by atomic mass is 16.5. The molecule has 0 radical (unpaired) electrons. The van der Waals surface area contributed by atoms with Crippen molar-refractivity contribution in [1.29, 1.82) is 0 Å². The number of amides is 2. The first-order chi connectivity index (χ1) is 23.0. The van der Waals surface area contributed by atoms with E-state index >= 15 is 0 Å². The van der Waals surface area contributed by atoms with Gasteiger partial charge in [-0.2, -0.15) is 5.10 Å². The van der Waals surface area contributed by atoms with Crippen molar-refractivity contribution in [3.05, 3.63) is 78.3 Å². The van der Waals surface area contributed by atoms with Crippen LogP contribution in [0.2, 0.25) is 0 Å². The van der Waals surface area contributed by atoms with Gasteiger partial charge >= 0.3 is 0 Å². The van der Waals surface area contributed by atoms with Crippen LogP contribution in [0.1, 0.15) is 42.9 Å². The van der Waals surface area contributed by atoms with Gasteiger partial charge in [0.25, 0.3) is 0 Å². The van der Waals surface area contributed by atoms with Crippen LogP contribution >= 0.6 is 0 Å². The Bertz CT molecular complexity index is 1750. The van der Waals surface area contributed by atoms with E-state index in [4.69, 9.17) is 9.47 Å². The summed E-state index contributed by atoms with van der Waals surface area (Å²) in [4.78, 5) is 39.9. The fourth-order valence-electron chi connectivity index (χ4n) is 7.14. The van der Waals surface area contributed by atoms with Crippen molar-refractivity contribution in [1.82, 2.24) is 30.0 Å². The second-order valence-corrected chi connectivity index (χ2v) is 12.9. The normalized spacial score (nSPS) is 20.8. The molecular formula is C36H41N7O4. The highest BCUT2D eigenvalue weighted by molar-refractivity contribution is 5.98. The highest BCUT2D eigenvalue weighted by Gasteiger charge is 2.45. The smallest absolute Gasteiger partial charge is 0.237 e. The summed E-state index contributed by atoms with van der Waals surface area (Å²) in [6.45, 7) is 4.42. The van der Waals surface area contributed by atoms with E-state index in [9.17, 15) is 9.59 Å². The zero-order valence-corrected chi connectivity index (χ0v) is 26.8. The van der Waals surface area contributed by atoms with Crippen LogP contribution in [0.4, 0.5) is 5.69 Å². The molecule has 5 heterocycles. The van der Waals surface area contributed by atoms with Crippen LogP contribution in [0.3, 0.4) is 0 Å². The molecule has 0 spiro atoms. The van der Waals surface area contributed by atoms with Crippen molar-refractivity contribution in [2.24, 2.45) is 5.41 Å². The second kappa shape index (κ2) is 13.7. The molecular weight excluding hydrogens is 594 g/mol. The van der Waals surface area contributed by atoms with E-state index in [0.29, 0.717) is 44.3 Å². The first-order valence-electron chi connectivity index (χ1n) is 16.4. The molecule has 11 heteroatoms. The number of aromatic amines is 1. The molecule has 0 aliphatic carbocycles. The van der Waals surface area contributed by atoms with Crippen LogP contribution in [-0.2, 0) is 19.1 Å². The van der Waals surface area contributed by atoms with Crippen molar-refractivity contribution >= 4 is 34.0 Å². The molecule has 2 N–H and O–H groups in total. The fourth-order valence-corrected chi connectivity index (χ4v) is 7.14. The Morgan fingerprint density at radius 1 is 1.06 bits per heavy atom. The summed E-state index contributed by atoms with van der Waals surface area (Å²) in [5.74, 6) is 1.07. The van der Waals surface area contributed by atoms with Gasteiger partial charge in [0.1, 0.15) is 0 Å². The number of carbonyl (C=O) groups excluding carboxylic acids is 2. The summed E-state index contributed by atoms with van der Waals surface area (Å²) in [6.07, 6.45) is 8.95. The van der Waals surface area contributed by atoms with E-state index < -0.39 is 5.41 Å². The number of ether oxygens (including phenoxy) is 2. The number of carbonyl (C=O) groups is 2. The van der Waals surface area contributed by atoms with Crippen molar-refractivity contribution < 1.29 is 19.1 Å². The molecule has 7 rings (SSSR count). The third kappa shape index (κ3) is 6.69. The minimum atomic E-state index is -0.740. The number of nitrogens with one attached hydrogen (secondary N) is 2. The van der Waals surface area contributed by atoms with E-state index in [1.807, 2.05) is 41.3 Å². The molecule has 4 aromatic rings. The standard InChI is InChI=1S/C36H41N7O4/c1-46-24-36(35(45)39-29-7-8-31-30(21-29)33(41-40-31)27-11-19-47-20-12-27)13-18-42(23-36)22-32(44)43-16-9-26(10-17-43)25-3-5-28(6-4-25)34-37-14-2-15-38-34/h2-9,14-15,21,27H,10-13,16-20,22-24H2,1H3,(H,39,45)(H,40,41)/t36-/m1/s1. The van der Waals surface area contributed by atoms with Crippen LogP contribution in [-0.4, -0.2) is 101 Å². The number of rotatable bonds is 9. The maximum absolute atomic E-state index is 13.8. The van der Waals surface area contributed by atoms with Gasteiger partial charge in [0, 0.05) is 80.6 Å². The minimum Gasteiger partial charge on any atom is -0.384 e. The number of hydrogen-bond acceptors (Lipinski definition) is 8. The Labute approximate surface area is 274 Å². The lowest BCUT2D eigenvalue weighted by Gasteiger charge is -2.30. The average Bonchev–Trinajstić information content (AvgIpc) is 3.74. The zero-order valence-electron chi connectivity index (χ0n) is 26.8. The number of nitrogens with zero attached hydrogens (tertiary/aromatic N) is 5. The van der Waals surface area contributed by atoms with E-state index in [0.717, 1.165) is 65.9 Å². The topological polar surface area (TPSA) is 126 Å². The molecule has 1 atom stereocenters. The van der Waals surface area contributed by atoms with Crippen molar-refractivity contribution in [2.75, 3.05) is 65.0 Å².